The van der Waals surface area contributed by atoms with Crippen LogP contribution in [0.1, 0.15) is 53.9 Å². The molecule has 2 aromatic rings. The average Bonchev–Trinajstić information content (AvgIpc) is 3.34. The first-order valence-electron chi connectivity index (χ1n) is 10.7. The number of nitrogens with zero attached hydrogens (tertiary/aromatic N) is 1. The van der Waals surface area contributed by atoms with Crippen molar-refractivity contribution in [1.82, 2.24) is 15.6 Å². The number of aryl methyl sites for hydroxylation is 1. The molecule has 9 heteroatoms. The van der Waals surface area contributed by atoms with E-state index >= 15 is 0 Å². The molecule has 0 unspecified atom stereocenters. The molecular formula is C22H25N3O5S. The standard InChI is InChI=1S/C22H25N3O5S/c1-12-18(24-19(31-12)16-3-2-4-29-16)20(27)30-11-17(26)23-21(28)25-22-8-13-5-14(9-22)7-15(6-13)10-22/h2-4,13-15H,5-11H2,1H3,(H2,23,25,26,28). The molecule has 6 rings (SSSR count). The number of imide groups is 1. The summed E-state index contributed by atoms with van der Waals surface area (Å²) in [7, 11) is 0. The topological polar surface area (TPSA) is 111 Å². The van der Waals surface area contributed by atoms with E-state index in [0.29, 0.717) is 33.4 Å². The summed E-state index contributed by atoms with van der Waals surface area (Å²) < 4.78 is 10.4. The van der Waals surface area contributed by atoms with Crippen molar-refractivity contribution >= 4 is 29.2 Å². The molecule has 0 saturated heterocycles. The summed E-state index contributed by atoms with van der Waals surface area (Å²) in [5.74, 6) is 1.27. The number of hydrogen-bond acceptors (Lipinski definition) is 7. The fourth-order valence-corrected chi connectivity index (χ4v) is 6.86. The minimum Gasteiger partial charge on any atom is -0.462 e. The molecule has 2 aromatic heterocycles. The summed E-state index contributed by atoms with van der Waals surface area (Å²) in [4.78, 5) is 41.9. The fraction of sp³-hybridized carbons (Fsp3) is 0.545. The van der Waals surface area contributed by atoms with E-state index in [0.717, 1.165) is 19.3 Å². The third-order valence-electron chi connectivity index (χ3n) is 6.73. The van der Waals surface area contributed by atoms with Crippen molar-refractivity contribution in [3.8, 4) is 10.8 Å². The Morgan fingerprint density at radius 2 is 1.87 bits per heavy atom. The Hall–Kier alpha value is -2.68. The second-order valence-corrected chi connectivity index (χ2v) is 10.4. The van der Waals surface area contributed by atoms with Gasteiger partial charge < -0.3 is 14.5 Å². The summed E-state index contributed by atoms with van der Waals surface area (Å²) in [5, 5.41) is 5.94. The lowest BCUT2D eigenvalue weighted by atomic mass is 9.53. The number of furan rings is 1. The van der Waals surface area contributed by atoms with E-state index < -0.39 is 24.5 Å². The maximum atomic E-state index is 12.4. The first-order chi connectivity index (χ1) is 14.9. The molecule has 4 aliphatic rings. The highest BCUT2D eigenvalue weighted by Gasteiger charge is 2.51. The number of rotatable bonds is 5. The van der Waals surface area contributed by atoms with Crippen LogP contribution in [0.2, 0.25) is 0 Å². The number of carbonyl (C=O) groups excluding carboxylic acids is 3. The van der Waals surface area contributed by atoms with Crippen molar-refractivity contribution in [2.45, 2.75) is 51.0 Å². The molecule has 0 atom stereocenters. The molecule has 0 aliphatic heterocycles. The van der Waals surface area contributed by atoms with E-state index in [1.54, 1.807) is 19.1 Å². The zero-order chi connectivity index (χ0) is 21.6. The second-order valence-electron chi connectivity index (χ2n) is 9.18. The van der Waals surface area contributed by atoms with E-state index in [2.05, 4.69) is 15.6 Å². The number of nitrogens with one attached hydrogen (secondary N) is 2. The predicted octanol–water partition coefficient (Wildman–Crippen LogP) is 3.66. The van der Waals surface area contributed by atoms with Gasteiger partial charge in [0.25, 0.3) is 5.91 Å². The van der Waals surface area contributed by atoms with Crippen LogP contribution in [0, 0.1) is 24.7 Å². The molecule has 164 valence electrons. The molecule has 0 aromatic carbocycles. The van der Waals surface area contributed by atoms with Gasteiger partial charge in [0.1, 0.15) is 0 Å². The van der Waals surface area contributed by atoms with E-state index in [4.69, 9.17) is 9.15 Å². The van der Waals surface area contributed by atoms with Crippen molar-refractivity contribution in [3.63, 3.8) is 0 Å². The van der Waals surface area contributed by atoms with Crippen LogP contribution in [0.15, 0.2) is 22.8 Å². The Morgan fingerprint density at radius 1 is 1.19 bits per heavy atom. The highest BCUT2D eigenvalue weighted by molar-refractivity contribution is 7.15. The largest absolute Gasteiger partial charge is 0.462 e. The van der Waals surface area contributed by atoms with Gasteiger partial charge in [0, 0.05) is 10.4 Å². The molecule has 4 saturated carbocycles. The lowest BCUT2D eigenvalue weighted by molar-refractivity contribution is -0.123. The van der Waals surface area contributed by atoms with Gasteiger partial charge in [-0.25, -0.2) is 14.6 Å². The van der Waals surface area contributed by atoms with Crippen LogP contribution in [0.5, 0.6) is 0 Å². The van der Waals surface area contributed by atoms with Gasteiger partial charge in [0.05, 0.1) is 6.26 Å². The van der Waals surface area contributed by atoms with E-state index in [1.165, 1.54) is 36.9 Å². The minimum atomic E-state index is -0.705. The van der Waals surface area contributed by atoms with Gasteiger partial charge in [0.2, 0.25) is 0 Å². The predicted molar refractivity (Wildman–Crippen MR) is 112 cm³/mol. The third kappa shape index (κ3) is 4.11. The van der Waals surface area contributed by atoms with Crippen LogP contribution in [0.4, 0.5) is 4.79 Å². The molecule has 8 nitrogen and oxygen atoms in total. The number of thiazole rings is 1. The number of urea groups is 1. The minimum absolute atomic E-state index is 0.141. The zero-order valence-electron chi connectivity index (χ0n) is 17.3. The molecule has 4 aliphatic carbocycles. The quantitative estimate of drug-likeness (QED) is 0.683. The normalized spacial score (nSPS) is 28.4. The number of hydrogen-bond donors (Lipinski definition) is 2. The summed E-state index contributed by atoms with van der Waals surface area (Å²) >= 11 is 1.31. The van der Waals surface area contributed by atoms with Gasteiger partial charge >= 0.3 is 12.0 Å². The van der Waals surface area contributed by atoms with Crippen LogP contribution < -0.4 is 10.6 Å². The van der Waals surface area contributed by atoms with Crippen LogP contribution >= 0.6 is 11.3 Å². The summed E-state index contributed by atoms with van der Waals surface area (Å²) in [5.41, 5.74) is -0.0438. The van der Waals surface area contributed by atoms with Crippen molar-refractivity contribution in [2.24, 2.45) is 17.8 Å². The number of amides is 3. The molecule has 2 N–H and O–H groups in total. The third-order valence-corrected chi connectivity index (χ3v) is 7.71. The maximum Gasteiger partial charge on any atom is 0.358 e. The number of carbonyl (C=O) groups is 3. The molecule has 2 heterocycles. The van der Waals surface area contributed by atoms with Crippen molar-refractivity contribution in [3.05, 3.63) is 29.0 Å². The van der Waals surface area contributed by atoms with Gasteiger partial charge in [0.15, 0.2) is 23.1 Å². The molecule has 4 bridgehead atoms. The van der Waals surface area contributed by atoms with Gasteiger partial charge in [-0.3, -0.25) is 10.1 Å². The van der Waals surface area contributed by atoms with Crippen LogP contribution in [-0.2, 0) is 9.53 Å². The number of esters is 1. The van der Waals surface area contributed by atoms with Gasteiger partial charge in [-0.2, -0.15) is 0 Å². The van der Waals surface area contributed by atoms with Crippen molar-refractivity contribution in [2.75, 3.05) is 6.61 Å². The maximum absolute atomic E-state index is 12.4. The molecule has 0 spiro atoms. The first kappa shape index (κ1) is 20.2. The monoisotopic (exact) mass is 443 g/mol. The summed E-state index contributed by atoms with van der Waals surface area (Å²) in [6.07, 6.45) is 8.34. The highest BCUT2D eigenvalue weighted by Crippen LogP contribution is 2.55. The average molecular weight is 444 g/mol. The van der Waals surface area contributed by atoms with Crippen molar-refractivity contribution < 1.29 is 23.5 Å². The Labute approximate surface area is 183 Å². The molecular weight excluding hydrogens is 418 g/mol. The van der Waals surface area contributed by atoms with Gasteiger partial charge in [-0.15, -0.1) is 11.3 Å². The van der Waals surface area contributed by atoms with E-state index in [9.17, 15) is 14.4 Å². The summed E-state index contributed by atoms with van der Waals surface area (Å²) in [6, 6.07) is 2.99. The Bertz CT molecular complexity index is 977. The fourth-order valence-electron chi connectivity index (χ4n) is 5.99. The number of aromatic nitrogens is 1. The van der Waals surface area contributed by atoms with E-state index in [-0.39, 0.29) is 11.2 Å². The van der Waals surface area contributed by atoms with Crippen LogP contribution in [0.3, 0.4) is 0 Å². The van der Waals surface area contributed by atoms with E-state index in [1.807, 2.05) is 0 Å². The van der Waals surface area contributed by atoms with Gasteiger partial charge in [-0.1, -0.05) is 0 Å². The molecule has 4 fully saturated rings. The Balaban J connectivity index is 1.13. The van der Waals surface area contributed by atoms with Crippen LogP contribution in [0.25, 0.3) is 10.8 Å². The lowest BCUT2D eigenvalue weighted by Crippen LogP contribution is -2.62. The smallest absolute Gasteiger partial charge is 0.358 e. The Kier molecular flexibility index (Phi) is 5.08. The Morgan fingerprint density at radius 3 is 2.48 bits per heavy atom. The van der Waals surface area contributed by atoms with Gasteiger partial charge in [-0.05, 0) is 75.3 Å². The molecule has 31 heavy (non-hydrogen) atoms. The summed E-state index contributed by atoms with van der Waals surface area (Å²) in [6.45, 7) is 1.21. The second kappa shape index (κ2) is 7.78. The molecule has 0 radical (unpaired) electrons. The SMILES string of the molecule is Cc1sc(-c2ccco2)nc1C(=O)OCC(=O)NC(=O)NC12CC3CC(CC(C3)C1)C2. The van der Waals surface area contributed by atoms with Crippen molar-refractivity contribution in [1.29, 1.82) is 0 Å². The first-order valence-corrected chi connectivity index (χ1v) is 11.5. The number of ether oxygens (including phenoxy) is 1. The molecule has 3 amide bonds. The van der Waals surface area contributed by atoms with Crippen LogP contribution in [-0.4, -0.2) is 35.0 Å². The zero-order valence-corrected chi connectivity index (χ0v) is 18.1. The lowest BCUT2D eigenvalue weighted by Gasteiger charge is -2.56. The highest BCUT2D eigenvalue weighted by atomic mass is 32.1.